The summed E-state index contributed by atoms with van der Waals surface area (Å²) < 4.78 is 10.6. The number of hydrogen-bond donors (Lipinski definition) is 1. The molecule has 1 unspecified atom stereocenters. The Balaban J connectivity index is 1.82. The fraction of sp³-hybridized carbons (Fsp3) is 0.167. The summed E-state index contributed by atoms with van der Waals surface area (Å²) in [7, 11) is 1.06. The van der Waals surface area contributed by atoms with Crippen LogP contribution in [0.5, 0.6) is 0 Å². The number of nitrogen functional groups attached to an aromatic ring is 1. The van der Waals surface area contributed by atoms with E-state index in [1.54, 1.807) is 12.4 Å². The number of rotatable bonds is 4. The van der Waals surface area contributed by atoms with E-state index in [0.717, 1.165) is 17.0 Å². The summed E-state index contributed by atoms with van der Waals surface area (Å²) in [6.45, 7) is 0. The van der Waals surface area contributed by atoms with Gasteiger partial charge in [0.15, 0.2) is 16.6 Å². The zero-order chi connectivity index (χ0) is 15.2. The van der Waals surface area contributed by atoms with Crippen LogP contribution >= 0.6 is 11.8 Å². The summed E-state index contributed by atoms with van der Waals surface area (Å²) in [6.07, 6.45) is 5.22. The molecule has 2 aliphatic rings. The van der Waals surface area contributed by atoms with Crippen LogP contribution in [0.1, 0.15) is 5.69 Å². The number of nitrogens with two attached hydrogens (primary N) is 1. The van der Waals surface area contributed by atoms with Crippen molar-refractivity contribution in [2.45, 2.75) is 10.8 Å². The molecule has 2 saturated heterocycles. The van der Waals surface area contributed by atoms with Gasteiger partial charge in [0.2, 0.25) is 0 Å². The lowest BCUT2D eigenvalue weighted by molar-refractivity contribution is 0.325. The molecule has 0 aromatic carbocycles. The summed E-state index contributed by atoms with van der Waals surface area (Å²) in [6, 6.07) is 3.70. The second kappa shape index (κ2) is 4.99. The third-order valence-corrected chi connectivity index (χ3v) is 3.96. The van der Waals surface area contributed by atoms with Crippen molar-refractivity contribution in [2.24, 2.45) is 4.99 Å². The summed E-state index contributed by atoms with van der Waals surface area (Å²) >= 11 is 1.46. The lowest BCUT2D eigenvalue weighted by Gasteiger charge is -2.11. The number of hydrogen-bond acceptors (Lipinski definition) is 8. The van der Waals surface area contributed by atoms with Gasteiger partial charge in [-0.1, -0.05) is 11.8 Å². The predicted molar refractivity (Wildman–Crippen MR) is 87.0 cm³/mol. The molecule has 0 radical (unpaired) electrons. The van der Waals surface area contributed by atoms with Crippen LogP contribution < -0.4 is 5.73 Å². The summed E-state index contributed by atoms with van der Waals surface area (Å²) in [5, 5.41) is 0.649. The first-order valence-corrected chi connectivity index (χ1v) is 7.91. The quantitative estimate of drug-likeness (QED) is 0.369. The Hall–Kier alpha value is -2.06. The maximum atomic E-state index is 6.00. The van der Waals surface area contributed by atoms with Gasteiger partial charge in [0.05, 0.1) is 23.3 Å². The highest BCUT2D eigenvalue weighted by molar-refractivity contribution is 7.98. The first-order valence-electron chi connectivity index (χ1n) is 6.69. The van der Waals surface area contributed by atoms with E-state index >= 15 is 0 Å². The normalized spacial score (nSPS) is 23.4. The number of nitrogens with zero attached hydrogens (tertiary/aromatic N) is 4. The average molecular weight is 311 g/mol. The fourth-order valence-electron chi connectivity index (χ4n) is 2.13. The van der Waals surface area contributed by atoms with Gasteiger partial charge in [-0.15, -0.1) is 0 Å². The SMILES string of the molecule is CSc1nc(-c2ccncc2N)cc(C2(/N=C3\BO3)BO2)n1. The van der Waals surface area contributed by atoms with Crippen LogP contribution in [-0.2, 0) is 14.9 Å². The highest BCUT2D eigenvalue weighted by Gasteiger charge is 2.52. The maximum Gasteiger partial charge on any atom is 0.434 e. The molecule has 0 aliphatic carbocycles. The number of pyridine rings is 1. The lowest BCUT2D eigenvalue weighted by atomic mass is 9.92. The van der Waals surface area contributed by atoms with Gasteiger partial charge in [0.25, 0.3) is 0 Å². The minimum absolute atomic E-state index is 0.496. The van der Waals surface area contributed by atoms with E-state index in [1.807, 2.05) is 18.4 Å². The molecule has 0 saturated carbocycles. The minimum atomic E-state index is -0.726. The van der Waals surface area contributed by atoms with Gasteiger partial charge in [0, 0.05) is 11.8 Å². The van der Waals surface area contributed by atoms with Crippen molar-refractivity contribution in [3.8, 4) is 11.3 Å². The molecule has 2 aromatic heterocycles. The van der Waals surface area contributed by atoms with Crippen molar-refractivity contribution in [1.29, 1.82) is 0 Å². The molecule has 1 atom stereocenters. The van der Waals surface area contributed by atoms with Gasteiger partial charge in [-0.05, 0) is 18.4 Å². The van der Waals surface area contributed by atoms with Gasteiger partial charge in [-0.25, -0.2) is 15.0 Å². The third-order valence-electron chi connectivity index (χ3n) is 3.41. The topological polar surface area (TPSA) is 102 Å². The number of aromatic nitrogens is 3. The van der Waals surface area contributed by atoms with E-state index < -0.39 is 5.62 Å². The Morgan fingerprint density at radius 3 is 2.86 bits per heavy atom. The molecule has 4 heterocycles. The molecule has 4 rings (SSSR count). The molecule has 0 bridgehead atoms. The van der Waals surface area contributed by atoms with Gasteiger partial charge in [-0.3, -0.25) is 4.98 Å². The molecule has 22 heavy (non-hydrogen) atoms. The number of thioether (sulfide) groups is 1. The number of anilines is 1. The molecular weight excluding hydrogens is 300 g/mol. The standard InChI is InChI=1S/C12H11B2N5O2S/c1-22-11-17-8(6-2-3-16-5-7(6)15)4-9(18-11)12(14-21-12)19-10-13-20-10/h2-5,13-14H,15H2,1H3/b19-10+. The Morgan fingerprint density at radius 1 is 1.41 bits per heavy atom. The molecule has 2 N–H and O–H groups in total. The maximum absolute atomic E-state index is 6.00. The Labute approximate surface area is 132 Å². The van der Waals surface area contributed by atoms with Crippen molar-refractivity contribution in [3.63, 3.8) is 0 Å². The predicted octanol–water partition coefficient (Wildman–Crippen LogP) is 0.0724. The summed E-state index contributed by atoms with van der Waals surface area (Å²) in [5.74, 6) is 0.701. The highest BCUT2D eigenvalue weighted by atomic mass is 32.2. The van der Waals surface area contributed by atoms with Crippen molar-refractivity contribution in [3.05, 3.63) is 30.2 Å². The Kier molecular flexibility index (Phi) is 3.08. The Bertz CT molecular complexity index is 778. The average Bonchev–Trinajstić information content (AvgIpc) is 3.46. The van der Waals surface area contributed by atoms with Crippen LogP contribution in [0.4, 0.5) is 5.69 Å². The zero-order valence-corrected chi connectivity index (χ0v) is 12.6. The zero-order valence-electron chi connectivity index (χ0n) is 11.8. The molecule has 10 heteroatoms. The first-order chi connectivity index (χ1) is 10.7. The monoisotopic (exact) mass is 311 g/mol. The van der Waals surface area contributed by atoms with Crippen LogP contribution in [0.3, 0.4) is 0 Å². The van der Waals surface area contributed by atoms with Gasteiger partial charge in [0.1, 0.15) is 0 Å². The summed E-state index contributed by atoms with van der Waals surface area (Å²) in [4.78, 5) is 17.5. The third kappa shape index (κ3) is 2.44. The van der Waals surface area contributed by atoms with Crippen LogP contribution in [-0.4, -0.2) is 42.0 Å². The van der Waals surface area contributed by atoms with E-state index in [0.29, 0.717) is 31.6 Å². The molecule has 0 spiro atoms. The molecule has 108 valence electrons. The number of aliphatic imine (C=N–C) groups is 1. The summed E-state index contributed by atoms with van der Waals surface area (Å²) in [5.41, 5.74) is 8.13. The molecular formula is C12H11B2N5O2S. The largest absolute Gasteiger partial charge is 0.549 e. The van der Waals surface area contributed by atoms with Crippen molar-refractivity contribution < 1.29 is 9.31 Å². The van der Waals surface area contributed by atoms with Crippen LogP contribution in [0.15, 0.2) is 34.7 Å². The second-order valence-corrected chi connectivity index (χ2v) is 5.73. The molecule has 2 fully saturated rings. The van der Waals surface area contributed by atoms with E-state index in [4.69, 9.17) is 15.0 Å². The first kappa shape index (κ1) is 13.6. The molecule has 2 aliphatic heterocycles. The van der Waals surface area contributed by atoms with Crippen LogP contribution in [0, 0.1) is 0 Å². The van der Waals surface area contributed by atoms with E-state index in [2.05, 4.69) is 19.9 Å². The lowest BCUT2D eigenvalue weighted by Crippen LogP contribution is -2.12. The highest BCUT2D eigenvalue weighted by Crippen LogP contribution is 2.39. The van der Waals surface area contributed by atoms with E-state index in [1.165, 1.54) is 11.8 Å². The van der Waals surface area contributed by atoms with Gasteiger partial charge < -0.3 is 15.0 Å². The minimum Gasteiger partial charge on any atom is -0.549 e. The van der Waals surface area contributed by atoms with Crippen molar-refractivity contribution >= 4 is 38.2 Å². The van der Waals surface area contributed by atoms with E-state index in [-0.39, 0.29) is 0 Å². The van der Waals surface area contributed by atoms with Crippen molar-refractivity contribution in [1.82, 2.24) is 15.0 Å². The smallest absolute Gasteiger partial charge is 0.434 e. The molecule has 2 aromatic rings. The fourth-order valence-corrected chi connectivity index (χ4v) is 2.51. The van der Waals surface area contributed by atoms with E-state index in [9.17, 15) is 0 Å². The molecule has 7 nitrogen and oxygen atoms in total. The molecule has 0 amide bonds. The second-order valence-electron chi connectivity index (χ2n) is 4.96. The van der Waals surface area contributed by atoms with Gasteiger partial charge >= 0.3 is 15.0 Å². The van der Waals surface area contributed by atoms with Crippen molar-refractivity contribution in [2.75, 3.05) is 12.0 Å². The van der Waals surface area contributed by atoms with Gasteiger partial charge in [-0.2, -0.15) is 0 Å². The van der Waals surface area contributed by atoms with Crippen LogP contribution in [0.25, 0.3) is 11.3 Å². The van der Waals surface area contributed by atoms with Crippen LogP contribution in [0.2, 0.25) is 0 Å². The Morgan fingerprint density at radius 2 is 2.23 bits per heavy atom.